The van der Waals surface area contributed by atoms with E-state index in [1.54, 1.807) is 24.3 Å². The fourth-order valence-electron chi connectivity index (χ4n) is 2.61. The minimum atomic E-state index is -0.443. The van der Waals surface area contributed by atoms with Crippen molar-refractivity contribution < 1.29 is 13.9 Å². The van der Waals surface area contributed by atoms with E-state index in [4.69, 9.17) is 9.15 Å². The zero-order valence-corrected chi connectivity index (χ0v) is 13.7. The van der Waals surface area contributed by atoms with Crippen LogP contribution in [-0.2, 0) is 6.42 Å². The van der Waals surface area contributed by atoms with Crippen LogP contribution in [0.1, 0.15) is 34.8 Å². The summed E-state index contributed by atoms with van der Waals surface area (Å²) in [4.78, 5) is 23.9. The van der Waals surface area contributed by atoms with E-state index in [9.17, 15) is 9.59 Å². The maximum absolute atomic E-state index is 12.2. The van der Waals surface area contributed by atoms with Crippen LogP contribution in [0.3, 0.4) is 0 Å². The van der Waals surface area contributed by atoms with Gasteiger partial charge in [-0.3, -0.25) is 0 Å². The lowest BCUT2D eigenvalue weighted by Gasteiger charge is -2.07. The molecule has 3 aromatic rings. The molecule has 4 heteroatoms. The van der Waals surface area contributed by atoms with Crippen molar-refractivity contribution in [1.29, 1.82) is 0 Å². The van der Waals surface area contributed by atoms with Gasteiger partial charge in [0.25, 0.3) is 0 Å². The molecular weight excluding hydrogens is 304 g/mol. The highest BCUT2D eigenvalue weighted by molar-refractivity contribution is 5.91. The van der Waals surface area contributed by atoms with Crippen LogP contribution in [0.25, 0.3) is 11.0 Å². The first-order chi connectivity index (χ1) is 11.6. The van der Waals surface area contributed by atoms with Gasteiger partial charge in [-0.15, -0.1) is 0 Å². The number of carbonyl (C=O) groups is 1. The van der Waals surface area contributed by atoms with E-state index in [0.717, 1.165) is 29.4 Å². The third-order valence-electron chi connectivity index (χ3n) is 3.82. The van der Waals surface area contributed by atoms with Gasteiger partial charge in [-0.25, -0.2) is 9.59 Å². The molecule has 0 fully saturated rings. The number of benzene rings is 2. The molecule has 0 unspecified atom stereocenters. The van der Waals surface area contributed by atoms with E-state index in [1.165, 1.54) is 6.07 Å². The van der Waals surface area contributed by atoms with Crippen molar-refractivity contribution in [2.24, 2.45) is 0 Å². The third-order valence-corrected chi connectivity index (χ3v) is 3.82. The summed E-state index contributed by atoms with van der Waals surface area (Å²) in [6, 6.07) is 13.8. The Hall–Kier alpha value is -2.88. The first-order valence-corrected chi connectivity index (χ1v) is 7.92. The highest BCUT2D eigenvalue weighted by atomic mass is 16.5. The molecule has 4 nitrogen and oxygen atoms in total. The topological polar surface area (TPSA) is 56.5 Å². The van der Waals surface area contributed by atoms with Crippen molar-refractivity contribution in [1.82, 2.24) is 0 Å². The number of rotatable bonds is 4. The Morgan fingerprint density at radius 1 is 1.08 bits per heavy atom. The van der Waals surface area contributed by atoms with Crippen molar-refractivity contribution in [3.8, 4) is 5.75 Å². The second-order valence-electron chi connectivity index (χ2n) is 5.75. The van der Waals surface area contributed by atoms with E-state index < -0.39 is 11.6 Å². The second-order valence-corrected chi connectivity index (χ2v) is 5.75. The predicted molar refractivity (Wildman–Crippen MR) is 92.6 cm³/mol. The van der Waals surface area contributed by atoms with Gasteiger partial charge in [-0.05, 0) is 43.2 Å². The molecule has 0 amide bonds. The van der Waals surface area contributed by atoms with Crippen molar-refractivity contribution in [2.45, 2.75) is 26.7 Å². The van der Waals surface area contributed by atoms with Crippen molar-refractivity contribution in [3.05, 3.63) is 75.6 Å². The summed E-state index contributed by atoms with van der Waals surface area (Å²) in [7, 11) is 0. The number of carbonyl (C=O) groups excluding carboxylic acids is 1. The lowest BCUT2D eigenvalue weighted by molar-refractivity contribution is 0.0735. The zero-order valence-electron chi connectivity index (χ0n) is 13.7. The molecule has 0 saturated carbocycles. The summed E-state index contributed by atoms with van der Waals surface area (Å²) in [5.41, 5.74) is 2.53. The SMILES string of the molecule is CCCc1cc(=O)oc2cc(OC(=O)c3ccc(C)cc3)ccc12. The van der Waals surface area contributed by atoms with Crippen molar-refractivity contribution in [3.63, 3.8) is 0 Å². The molecule has 0 saturated heterocycles. The molecule has 0 aliphatic carbocycles. The van der Waals surface area contributed by atoms with E-state index in [-0.39, 0.29) is 0 Å². The van der Waals surface area contributed by atoms with E-state index >= 15 is 0 Å². The molecule has 0 radical (unpaired) electrons. The predicted octanol–water partition coefficient (Wildman–Crippen LogP) is 4.27. The average molecular weight is 322 g/mol. The molecule has 2 aromatic carbocycles. The van der Waals surface area contributed by atoms with Gasteiger partial charge < -0.3 is 9.15 Å². The summed E-state index contributed by atoms with van der Waals surface area (Å²) in [6.07, 6.45) is 1.73. The first-order valence-electron chi connectivity index (χ1n) is 7.92. The normalized spacial score (nSPS) is 10.8. The molecule has 1 heterocycles. The van der Waals surface area contributed by atoms with Gasteiger partial charge >= 0.3 is 11.6 Å². The molecule has 3 rings (SSSR count). The lowest BCUT2D eigenvalue weighted by Crippen LogP contribution is -2.08. The van der Waals surface area contributed by atoms with Crippen LogP contribution in [0.2, 0.25) is 0 Å². The monoisotopic (exact) mass is 322 g/mol. The van der Waals surface area contributed by atoms with Crippen molar-refractivity contribution in [2.75, 3.05) is 0 Å². The van der Waals surface area contributed by atoms with Crippen LogP contribution < -0.4 is 10.4 Å². The molecule has 0 aliphatic rings. The smallest absolute Gasteiger partial charge is 0.343 e. The van der Waals surface area contributed by atoms with Crippen LogP contribution in [0, 0.1) is 6.92 Å². The maximum Gasteiger partial charge on any atom is 0.343 e. The first kappa shape index (κ1) is 16.0. The largest absolute Gasteiger partial charge is 0.423 e. The Kier molecular flexibility index (Phi) is 4.47. The molecule has 0 N–H and O–H groups in total. The summed E-state index contributed by atoms with van der Waals surface area (Å²) in [5, 5.41) is 0.867. The number of aryl methyl sites for hydroxylation is 2. The fourth-order valence-corrected chi connectivity index (χ4v) is 2.61. The van der Waals surface area contributed by atoms with Gasteiger partial charge in [0.1, 0.15) is 11.3 Å². The summed E-state index contributed by atoms with van der Waals surface area (Å²) in [6.45, 7) is 4.01. The molecule has 0 aliphatic heterocycles. The Bertz CT molecular complexity index is 936. The van der Waals surface area contributed by atoms with E-state index in [2.05, 4.69) is 6.92 Å². The average Bonchev–Trinajstić information content (AvgIpc) is 2.55. The van der Waals surface area contributed by atoms with Gasteiger partial charge in [0.2, 0.25) is 0 Å². The molecule has 24 heavy (non-hydrogen) atoms. The fraction of sp³-hybridized carbons (Fsp3) is 0.200. The Morgan fingerprint density at radius 2 is 1.83 bits per heavy atom. The number of hydrogen-bond acceptors (Lipinski definition) is 4. The van der Waals surface area contributed by atoms with Crippen LogP contribution in [-0.4, -0.2) is 5.97 Å². The lowest BCUT2D eigenvalue weighted by atomic mass is 10.1. The minimum Gasteiger partial charge on any atom is -0.423 e. The number of ether oxygens (including phenoxy) is 1. The quantitative estimate of drug-likeness (QED) is 0.409. The number of esters is 1. The highest BCUT2D eigenvalue weighted by Gasteiger charge is 2.11. The highest BCUT2D eigenvalue weighted by Crippen LogP contribution is 2.24. The third kappa shape index (κ3) is 3.38. The number of hydrogen-bond donors (Lipinski definition) is 0. The van der Waals surface area contributed by atoms with Gasteiger partial charge in [-0.1, -0.05) is 31.0 Å². The Balaban J connectivity index is 1.92. The van der Waals surface area contributed by atoms with Gasteiger partial charge in [0.05, 0.1) is 5.56 Å². The molecular formula is C20H18O4. The summed E-state index contributed by atoms with van der Waals surface area (Å²) in [5.74, 6) is -0.0914. The summed E-state index contributed by atoms with van der Waals surface area (Å²) < 4.78 is 10.6. The van der Waals surface area contributed by atoms with Crippen LogP contribution in [0.5, 0.6) is 5.75 Å². The van der Waals surface area contributed by atoms with Gasteiger partial charge in [-0.2, -0.15) is 0 Å². The van der Waals surface area contributed by atoms with Gasteiger partial charge in [0, 0.05) is 17.5 Å². The van der Waals surface area contributed by atoms with Crippen LogP contribution >= 0.6 is 0 Å². The zero-order chi connectivity index (χ0) is 17.1. The van der Waals surface area contributed by atoms with Crippen LogP contribution in [0.15, 0.2) is 57.7 Å². The molecule has 0 spiro atoms. The molecule has 122 valence electrons. The van der Waals surface area contributed by atoms with Crippen molar-refractivity contribution >= 4 is 16.9 Å². The standard InChI is InChI=1S/C20H18O4/c1-3-4-15-11-19(21)24-18-12-16(9-10-17(15)18)23-20(22)14-7-5-13(2)6-8-14/h5-12H,3-4H2,1-2H3. The maximum atomic E-state index is 12.2. The summed E-state index contributed by atoms with van der Waals surface area (Å²) >= 11 is 0. The molecule has 0 atom stereocenters. The van der Waals surface area contributed by atoms with Gasteiger partial charge in [0.15, 0.2) is 0 Å². The Labute approximate surface area is 139 Å². The minimum absolute atomic E-state index is 0.352. The molecule has 0 bridgehead atoms. The Morgan fingerprint density at radius 3 is 2.54 bits per heavy atom. The second kappa shape index (κ2) is 6.71. The molecule has 1 aromatic heterocycles. The van der Waals surface area contributed by atoms with E-state index in [1.807, 2.05) is 25.1 Å². The number of fused-ring (bicyclic) bond motifs is 1. The van der Waals surface area contributed by atoms with E-state index in [0.29, 0.717) is 16.9 Å². The van der Waals surface area contributed by atoms with Crippen LogP contribution in [0.4, 0.5) is 0 Å².